The summed E-state index contributed by atoms with van der Waals surface area (Å²) in [7, 11) is -9.93. The molecule has 17 nitrogen and oxygen atoms in total. The van der Waals surface area contributed by atoms with Crippen molar-refractivity contribution in [1.82, 2.24) is 0 Å². The second-order valence-corrected chi connectivity index (χ2v) is 35.6. The van der Waals surface area contributed by atoms with Crippen molar-refractivity contribution in [3.8, 4) is 0 Å². The Bertz CT molecular complexity index is 2070. The number of ether oxygens (including phenoxy) is 4. The SMILES string of the molecule is CCCCCCCCCCCCCCCCCCCCCCC(=O)OC[C@H](COP(=O)(O)OC[C@@H](O)COP(=O)(O)OC[C@@H](COC(=O)CCCCCCCCCCCC(C)C)OC(=O)CCCCCCCCCCCCCCCC)OC(=O)CCCCCCCCCCCCCCCCCCCCC(C)CC. The molecule has 0 aliphatic carbocycles. The first-order chi connectivity index (χ1) is 52.4. The van der Waals surface area contributed by atoms with Gasteiger partial charge in [-0.05, 0) is 37.5 Å². The van der Waals surface area contributed by atoms with Crippen molar-refractivity contribution in [2.75, 3.05) is 39.6 Å². The van der Waals surface area contributed by atoms with E-state index in [4.69, 9.17) is 37.0 Å². The van der Waals surface area contributed by atoms with E-state index >= 15 is 0 Å². The van der Waals surface area contributed by atoms with Gasteiger partial charge >= 0.3 is 39.5 Å². The molecule has 0 radical (unpaired) electrons. The standard InChI is InChI=1S/C89H174O17P2/c1-7-10-12-14-16-18-20-22-24-25-26-27-31-34-38-41-47-53-59-65-71-86(91)99-77-84(105-89(94)74-68-62-56-49-43-39-35-32-29-28-30-33-36-40-46-52-58-64-70-82(6)9-3)79-103-107(95,96)101-75-83(90)76-102-108(97,98)104-80-85(78-100-87(92)72-66-60-54-50-44-45-51-57-63-69-81(4)5)106-88(93)73-67-61-55-48-42-37-23-21-19-17-15-13-11-8-2/h81-85,90H,7-80H2,1-6H3,(H,95,96)(H,97,98)/t82?,83-,84-,85-/m1/s1. The molecule has 0 aromatic rings. The molecule has 0 fully saturated rings. The van der Waals surface area contributed by atoms with E-state index in [1.165, 1.54) is 295 Å². The van der Waals surface area contributed by atoms with Crippen LogP contribution in [-0.4, -0.2) is 96.7 Å². The van der Waals surface area contributed by atoms with Crippen LogP contribution < -0.4 is 0 Å². The van der Waals surface area contributed by atoms with E-state index in [0.29, 0.717) is 25.7 Å². The van der Waals surface area contributed by atoms with E-state index in [-0.39, 0.29) is 25.7 Å². The lowest BCUT2D eigenvalue weighted by atomic mass is 9.99. The van der Waals surface area contributed by atoms with Gasteiger partial charge in [0.1, 0.15) is 19.3 Å². The molecule has 0 rings (SSSR count). The number of rotatable bonds is 88. The molecule has 0 bridgehead atoms. The number of carbonyl (C=O) groups is 4. The van der Waals surface area contributed by atoms with Crippen molar-refractivity contribution < 1.29 is 80.2 Å². The first-order valence-corrected chi connectivity index (χ1v) is 49.0. The van der Waals surface area contributed by atoms with Crippen LogP contribution in [0, 0.1) is 11.8 Å². The number of aliphatic hydroxyl groups excluding tert-OH is 1. The number of phosphoric acid groups is 2. The lowest BCUT2D eigenvalue weighted by Crippen LogP contribution is -2.30. The number of esters is 4. The van der Waals surface area contributed by atoms with E-state index in [1.807, 2.05) is 0 Å². The van der Waals surface area contributed by atoms with Crippen LogP contribution in [0.2, 0.25) is 0 Å². The van der Waals surface area contributed by atoms with Crippen LogP contribution >= 0.6 is 15.6 Å². The van der Waals surface area contributed by atoms with Crippen LogP contribution in [0.1, 0.15) is 478 Å². The smallest absolute Gasteiger partial charge is 0.462 e. The molecule has 108 heavy (non-hydrogen) atoms. The van der Waals surface area contributed by atoms with Crippen molar-refractivity contribution in [3.63, 3.8) is 0 Å². The molecule has 0 saturated carbocycles. The molecule has 0 spiro atoms. The van der Waals surface area contributed by atoms with Crippen molar-refractivity contribution in [2.24, 2.45) is 11.8 Å². The highest BCUT2D eigenvalue weighted by Gasteiger charge is 2.31. The van der Waals surface area contributed by atoms with Crippen molar-refractivity contribution >= 4 is 39.5 Å². The minimum absolute atomic E-state index is 0.108. The van der Waals surface area contributed by atoms with Gasteiger partial charge < -0.3 is 33.8 Å². The highest BCUT2D eigenvalue weighted by atomic mass is 31.2. The summed E-state index contributed by atoms with van der Waals surface area (Å²) < 4.78 is 69.0. The second-order valence-electron chi connectivity index (χ2n) is 32.7. The summed E-state index contributed by atoms with van der Waals surface area (Å²) in [5.74, 6) is -0.483. The normalized spacial score (nSPS) is 14.0. The maximum absolute atomic E-state index is 13.2. The van der Waals surface area contributed by atoms with Gasteiger partial charge in [0.05, 0.1) is 26.4 Å². The summed E-state index contributed by atoms with van der Waals surface area (Å²) in [6.07, 6.45) is 73.6. The van der Waals surface area contributed by atoms with Gasteiger partial charge in [0.2, 0.25) is 0 Å². The fraction of sp³-hybridized carbons (Fsp3) is 0.955. The largest absolute Gasteiger partial charge is 0.472 e. The third kappa shape index (κ3) is 80.7. The second kappa shape index (κ2) is 80.3. The number of hydrogen-bond donors (Lipinski definition) is 3. The quantitative estimate of drug-likeness (QED) is 0.0222. The third-order valence-corrected chi connectivity index (χ3v) is 23.2. The number of hydrogen-bond acceptors (Lipinski definition) is 15. The molecule has 3 N–H and O–H groups in total. The highest BCUT2D eigenvalue weighted by molar-refractivity contribution is 7.47. The minimum atomic E-state index is -4.97. The van der Waals surface area contributed by atoms with Crippen LogP contribution in [0.15, 0.2) is 0 Å². The Kier molecular flexibility index (Phi) is 78.8. The molecule has 3 unspecified atom stereocenters. The fourth-order valence-electron chi connectivity index (χ4n) is 13.9. The molecule has 642 valence electrons. The summed E-state index contributed by atoms with van der Waals surface area (Å²) >= 11 is 0. The molecule has 0 aliphatic heterocycles. The third-order valence-electron chi connectivity index (χ3n) is 21.3. The minimum Gasteiger partial charge on any atom is -0.462 e. The lowest BCUT2D eigenvalue weighted by Gasteiger charge is -2.21. The van der Waals surface area contributed by atoms with Gasteiger partial charge in [-0.3, -0.25) is 37.3 Å². The molecule has 0 aliphatic rings. The van der Waals surface area contributed by atoms with Crippen molar-refractivity contribution in [3.05, 3.63) is 0 Å². The van der Waals surface area contributed by atoms with Gasteiger partial charge in [-0.2, -0.15) is 0 Å². The molecule has 0 saturated heterocycles. The van der Waals surface area contributed by atoms with E-state index in [9.17, 15) is 43.2 Å². The van der Waals surface area contributed by atoms with Crippen LogP contribution in [0.5, 0.6) is 0 Å². The van der Waals surface area contributed by atoms with E-state index in [1.54, 1.807) is 0 Å². The summed E-state index contributed by atoms with van der Waals surface area (Å²) in [6, 6.07) is 0. The van der Waals surface area contributed by atoms with Gasteiger partial charge in [-0.25, -0.2) is 9.13 Å². The van der Waals surface area contributed by atoms with Gasteiger partial charge in [0.15, 0.2) is 12.2 Å². The van der Waals surface area contributed by atoms with E-state index in [2.05, 4.69) is 41.5 Å². The monoisotopic (exact) mass is 1580 g/mol. The number of unbranched alkanes of at least 4 members (excludes halogenated alkanes) is 57. The van der Waals surface area contributed by atoms with Crippen LogP contribution in [0.4, 0.5) is 0 Å². The first kappa shape index (κ1) is 106. The average molecular weight is 1580 g/mol. The average Bonchev–Trinajstić information content (AvgIpc) is 0.897. The number of carbonyl (C=O) groups excluding carboxylic acids is 4. The van der Waals surface area contributed by atoms with Gasteiger partial charge in [-0.15, -0.1) is 0 Å². The maximum atomic E-state index is 13.2. The molecule has 6 atom stereocenters. The first-order valence-electron chi connectivity index (χ1n) is 46.0. The predicted molar refractivity (Wildman–Crippen MR) is 446 cm³/mol. The molecule has 19 heteroatoms. The number of phosphoric ester groups is 2. The topological polar surface area (TPSA) is 237 Å². The predicted octanol–water partition coefficient (Wildman–Crippen LogP) is 27.4. The van der Waals surface area contributed by atoms with Crippen LogP contribution in [-0.2, 0) is 65.4 Å². The maximum Gasteiger partial charge on any atom is 0.472 e. The number of aliphatic hydroxyl groups is 1. The van der Waals surface area contributed by atoms with Gasteiger partial charge in [-0.1, -0.05) is 427 Å². The Hall–Kier alpha value is -1.94. The lowest BCUT2D eigenvalue weighted by molar-refractivity contribution is -0.161. The van der Waals surface area contributed by atoms with Gasteiger partial charge in [0, 0.05) is 25.7 Å². The summed E-state index contributed by atoms with van der Waals surface area (Å²) in [4.78, 5) is 73.3. The molecular weight excluding hydrogens is 1400 g/mol. The summed E-state index contributed by atoms with van der Waals surface area (Å²) in [5, 5.41) is 10.7. The molecule has 0 aromatic heterocycles. The fourth-order valence-corrected chi connectivity index (χ4v) is 15.5. The Morgan fingerprint density at radius 3 is 0.704 bits per heavy atom. The zero-order chi connectivity index (χ0) is 79.2. The zero-order valence-electron chi connectivity index (χ0n) is 71.2. The van der Waals surface area contributed by atoms with Crippen LogP contribution in [0.25, 0.3) is 0 Å². The molecule has 0 aromatic carbocycles. The highest BCUT2D eigenvalue weighted by Crippen LogP contribution is 2.45. The Morgan fingerprint density at radius 2 is 0.472 bits per heavy atom. The van der Waals surface area contributed by atoms with E-state index in [0.717, 1.165) is 102 Å². The molecule has 0 amide bonds. The van der Waals surface area contributed by atoms with Crippen LogP contribution in [0.3, 0.4) is 0 Å². The molecule has 0 heterocycles. The van der Waals surface area contributed by atoms with E-state index < -0.39 is 97.5 Å². The van der Waals surface area contributed by atoms with Crippen molar-refractivity contribution in [2.45, 2.75) is 496 Å². The summed E-state index contributed by atoms with van der Waals surface area (Å²) in [6.45, 7) is 9.74. The van der Waals surface area contributed by atoms with Gasteiger partial charge in [0.25, 0.3) is 0 Å². The Morgan fingerprint density at radius 1 is 0.269 bits per heavy atom. The Balaban J connectivity index is 5.23. The summed E-state index contributed by atoms with van der Waals surface area (Å²) in [5.41, 5.74) is 0. The zero-order valence-corrected chi connectivity index (χ0v) is 73.0. The van der Waals surface area contributed by atoms with Crippen molar-refractivity contribution in [1.29, 1.82) is 0 Å². The molecular formula is C89H174O17P2. The Labute approximate surface area is 664 Å².